The largest absolute Gasteiger partial charge is 0.354 e. The first-order chi connectivity index (χ1) is 16.6. The highest BCUT2D eigenvalue weighted by Crippen LogP contribution is 2.27. The van der Waals surface area contributed by atoms with Crippen LogP contribution in [0, 0.1) is 13.8 Å². The molecule has 172 valence electrons. The maximum Gasteiger partial charge on any atom is 0.259 e. The van der Waals surface area contributed by atoms with E-state index in [1.165, 1.54) is 0 Å². The zero-order valence-electron chi connectivity index (χ0n) is 19.0. The Balaban J connectivity index is 1.22. The summed E-state index contributed by atoms with van der Waals surface area (Å²) in [5.74, 6) is 2.30. The Labute approximate surface area is 199 Å². The van der Waals surface area contributed by atoms with Gasteiger partial charge in [0, 0.05) is 42.7 Å². The van der Waals surface area contributed by atoms with Gasteiger partial charge in [0.2, 0.25) is 0 Å². The lowest BCUT2D eigenvalue weighted by molar-refractivity contribution is 0.243. The summed E-state index contributed by atoms with van der Waals surface area (Å²) in [6, 6.07) is 12.2. The minimum absolute atomic E-state index is 0.0423. The first-order valence-electron chi connectivity index (χ1n) is 11.3. The molecule has 0 atom stereocenters. The SMILES string of the molecule is Cc1sc2nc(CN3CCN(c4cc(-c5ccccc5)nc5ncnn45)CC3)[nH]c(=O)c2c1C. The normalized spacial score (nSPS) is 14.9. The Bertz CT molecular complexity index is 1550. The van der Waals surface area contributed by atoms with Crippen molar-refractivity contribution in [3.63, 3.8) is 0 Å². The van der Waals surface area contributed by atoms with Crippen LogP contribution >= 0.6 is 11.3 Å². The van der Waals surface area contributed by atoms with Crippen molar-refractivity contribution in [2.75, 3.05) is 31.1 Å². The molecule has 34 heavy (non-hydrogen) atoms. The molecule has 1 N–H and O–H groups in total. The number of aromatic amines is 1. The molecule has 1 aromatic carbocycles. The number of aryl methyl sites for hydroxylation is 2. The van der Waals surface area contributed by atoms with Crippen LogP contribution in [0.3, 0.4) is 0 Å². The third-order valence-electron chi connectivity index (χ3n) is 6.46. The molecule has 0 spiro atoms. The maximum absolute atomic E-state index is 12.6. The van der Waals surface area contributed by atoms with Crippen LogP contribution in [0.2, 0.25) is 0 Å². The van der Waals surface area contributed by atoms with Crippen molar-refractivity contribution in [1.82, 2.24) is 34.4 Å². The molecule has 1 saturated heterocycles. The van der Waals surface area contributed by atoms with Gasteiger partial charge in [-0.1, -0.05) is 30.3 Å². The lowest BCUT2D eigenvalue weighted by atomic mass is 10.1. The molecule has 1 aliphatic heterocycles. The van der Waals surface area contributed by atoms with Crippen molar-refractivity contribution >= 4 is 33.1 Å². The summed E-state index contributed by atoms with van der Waals surface area (Å²) < 4.78 is 1.80. The second-order valence-corrected chi connectivity index (χ2v) is 9.78. The summed E-state index contributed by atoms with van der Waals surface area (Å²) in [7, 11) is 0. The second kappa shape index (κ2) is 8.30. The summed E-state index contributed by atoms with van der Waals surface area (Å²) in [5.41, 5.74) is 2.92. The Morgan fingerprint density at radius 3 is 2.65 bits per heavy atom. The molecule has 4 aromatic heterocycles. The molecule has 0 unspecified atom stereocenters. The van der Waals surface area contributed by atoms with Gasteiger partial charge in [-0.25, -0.2) is 9.97 Å². The van der Waals surface area contributed by atoms with Crippen molar-refractivity contribution < 1.29 is 0 Å². The van der Waals surface area contributed by atoms with Crippen LogP contribution in [-0.2, 0) is 6.54 Å². The number of piperazine rings is 1. The van der Waals surface area contributed by atoms with Crippen LogP contribution in [0.4, 0.5) is 5.82 Å². The van der Waals surface area contributed by atoms with E-state index in [0.29, 0.717) is 12.3 Å². The standard InChI is InChI=1S/C24H24N8OS/c1-15-16(2)34-23-21(15)22(33)28-19(29-23)13-30-8-10-31(11-9-30)20-12-18(17-6-4-3-5-7-17)27-24-25-14-26-32(20)24/h3-7,12,14H,8-11,13H2,1-2H3,(H,28,29,33). The summed E-state index contributed by atoms with van der Waals surface area (Å²) >= 11 is 1.59. The molecule has 0 bridgehead atoms. The molecule has 9 nitrogen and oxygen atoms in total. The van der Waals surface area contributed by atoms with E-state index in [2.05, 4.69) is 48.0 Å². The Hall–Kier alpha value is -3.63. The highest BCUT2D eigenvalue weighted by molar-refractivity contribution is 7.18. The monoisotopic (exact) mass is 472 g/mol. The lowest BCUT2D eigenvalue weighted by Gasteiger charge is -2.35. The summed E-state index contributed by atoms with van der Waals surface area (Å²) in [6.07, 6.45) is 1.54. The van der Waals surface area contributed by atoms with Crippen molar-refractivity contribution in [1.29, 1.82) is 0 Å². The minimum atomic E-state index is -0.0423. The van der Waals surface area contributed by atoms with Gasteiger partial charge < -0.3 is 9.88 Å². The van der Waals surface area contributed by atoms with Gasteiger partial charge >= 0.3 is 0 Å². The maximum atomic E-state index is 12.6. The Kier molecular flexibility index (Phi) is 5.11. The molecule has 0 radical (unpaired) electrons. The van der Waals surface area contributed by atoms with Gasteiger partial charge in [-0.15, -0.1) is 11.3 Å². The van der Waals surface area contributed by atoms with Crippen LogP contribution in [0.15, 0.2) is 47.5 Å². The number of hydrogen-bond acceptors (Lipinski definition) is 8. The molecule has 1 aliphatic rings. The van der Waals surface area contributed by atoms with Crippen LogP contribution in [0.1, 0.15) is 16.3 Å². The quantitative estimate of drug-likeness (QED) is 0.430. The predicted octanol–water partition coefficient (Wildman–Crippen LogP) is 3.03. The van der Waals surface area contributed by atoms with Gasteiger partial charge in [-0.2, -0.15) is 14.6 Å². The Morgan fingerprint density at radius 1 is 1.06 bits per heavy atom. The number of nitrogens with zero attached hydrogens (tertiary/aromatic N) is 7. The van der Waals surface area contributed by atoms with Crippen LogP contribution < -0.4 is 10.5 Å². The third kappa shape index (κ3) is 3.64. The second-order valence-electron chi connectivity index (χ2n) is 8.58. The van der Waals surface area contributed by atoms with Crippen molar-refractivity contribution in [3.05, 3.63) is 69.3 Å². The topological polar surface area (TPSA) is 95.3 Å². The van der Waals surface area contributed by atoms with Gasteiger partial charge in [0.1, 0.15) is 22.8 Å². The molecule has 5 heterocycles. The summed E-state index contributed by atoms with van der Waals surface area (Å²) in [5, 5.41) is 5.12. The van der Waals surface area contributed by atoms with Gasteiger partial charge in [0.15, 0.2) is 0 Å². The van der Waals surface area contributed by atoms with Crippen molar-refractivity contribution in [3.8, 4) is 11.3 Å². The zero-order valence-corrected chi connectivity index (χ0v) is 19.8. The molecule has 5 aromatic rings. The number of fused-ring (bicyclic) bond motifs is 2. The van der Waals surface area contributed by atoms with E-state index in [4.69, 9.17) is 4.98 Å². The fourth-order valence-electron chi connectivity index (χ4n) is 4.50. The number of hydrogen-bond donors (Lipinski definition) is 1. The lowest BCUT2D eigenvalue weighted by Crippen LogP contribution is -2.47. The van der Waals surface area contributed by atoms with Crippen LogP contribution in [-0.4, -0.2) is 60.6 Å². The first kappa shape index (κ1) is 20.9. The fourth-order valence-corrected chi connectivity index (χ4v) is 5.55. The number of thiophene rings is 1. The molecule has 0 amide bonds. The molecule has 0 saturated carbocycles. The van der Waals surface area contributed by atoms with E-state index in [1.54, 1.807) is 22.2 Å². The van der Waals surface area contributed by atoms with Crippen molar-refractivity contribution in [2.45, 2.75) is 20.4 Å². The van der Waals surface area contributed by atoms with Gasteiger partial charge in [-0.3, -0.25) is 9.69 Å². The predicted molar refractivity (Wildman–Crippen MR) is 133 cm³/mol. The smallest absolute Gasteiger partial charge is 0.259 e. The molecule has 0 aliphatic carbocycles. The van der Waals surface area contributed by atoms with Gasteiger partial charge in [0.05, 0.1) is 17.6 Å². The zero-order chi connectivity index (χ0) is 23.2. The number of anilines is 1. The fraction of sp³-hybridized carbons (Fsp3) is 0.292. The van der Waals surface area contributed by atoms with E-state index >= 15 is 0 Å². The molecule has 6 rings (SSSR count). The first-order valence-corrected chi connectivity index (χ1v) is 12.1. The average molecular weight is 473 g/mol. The average Bonchev–Trinajstić information content (AvgIpc) is 3.44. The molecule has 10 heteroatoms. The number of benzene rings is 1. The van der Waals surface area contributed by atoms with Crippen molar-refractivity contribution in [2.24, 2.45) is 0 Å². The number of rotatable bonds is 4. The third-order valence-corrected chi connectivity index (χ3v) is 7.56. The van der Waals surface area contributed by atoms with E-state index in [9.17, 15) is 4.79 Å². The van der Waals surface area contributed by atoms with E-state index in [0.717, 1.165) is 69.7 Å². The van der Waals surface area contributed by atoms with Gasteiger partial charge in [0.25, 0.3) is 11.3 Å². The number of H-pyrrole nitrogens is 1. The highest BCUT2D eigenvalue weighted by Gasteiger charge is 2.22. The molecule has 1 fully saturated rings. The van der Waals surface area contributed by atoms with Crippen LogP contribution in [0.25, 0.3) is 27.3 Å². The number of nitrogens with one attached hydrogen (secondary N) is 1. The number of aromatic nitrogens is 6. The van der Waals surface area contributed by atoms with E-state index in [1.807, 2.05) is 32.0 Å². The molecular weight excluding hydrogens is 448 g/mol. The highest BCUT2D eigenvalue weighted by atomic mass is 32.1. The van der Waals surface area contributed by atoms with Gasteiger partial charge in [-0.05, 0) is 19.4 Å². The van der Waals surface area contributed by atoms with E-state index in [-0.39, 0.29) is 5.56 Å². The molecular formula is C24H24N8OS. The van der Waals surface area contributed by atoms with Crippen LogP contribution in [0.5, 0.6) is 0 Å². The summed E-state index contributed by atoms with van der Waals surface area (Å²) in [6.45, 7) is 8.01. The Morgan fingerprint density at radius 2 is 1.85 bits per heavy atom. The minimum Gasteiger partial charge on any atom is -0.354 e. The van der Waals surface area contributed by atoms with E-state index < -0.39 is 0 Å². The summed E-state index contributed by atoms with van der Waals surface area (Å²) in [4.78, 5) is 36.0.